The number of para-hydroxylation sites is 1. The third kappa shape index (κ3) is 3.32. The van der Waals surface area contributed by atoms with Crippen molar-refractivity contribution < 1.29 is 19.1 Å². The van der Waals surface area contributed by atoms with Gasteiger partial charge >= 0.3 is 0 Å². The second-order valence-corrected chi connectivity index (χ2v) is 6.08. The Morgan fingerprint density at radius 3 is 2.69 bits per heavy atom. The van der Waals surface area contributed by atoms with Gasteiger partial charge < -0.3 is 19.7 Å². The number of ether oxygens (including phenoxy) is 2. The minimum Gasteiger partial charge on any atom is -0.452 e. The van der Waals surface area contributed by atoms with Crippen LogP contribution in [0.4, 0.5) is 11.4 Å². The summed E-state index contributed by atoms with van der Waals surface area (Å²) in [6, 6.07) is 14.8. The molecular formula is C20H18N2O4. The third-order valence-corrected chi connectivity index (χ3v) is 4.35. The Hall–Kier alpha value is -3.12. The van der Waals surface area contributed by atoms with Gasteiger partial charge in [0.05, 0.1) is 6.61 Å². The van der Waals surface area contributed by atoms with Crippen LogP contribution < -0.4 is 15.0 Å². The van der Waals surface area contributed by atoms with Crippen LogP contribution >= 0.6 is 0 Å². The van der Waals surface area contributed by atoms with Crippen LogP contribution in [0.2, 0.25) is 0 Å². The van der Waals surface area contributed by atoms with Crippen LogP contribution in [-0.4, -0.2) is 31.6 Å². The third-order valence-electron chi connectivity index (χ3n) is 4.35. The van der Waals surface area contributed by atoms with Gasteiger partial charge in [0, 0.05) is 17.9 Å². The largest absolute Gasteiger partial charge is 0.452 e. The lowest BCUT2D eigenvalue weighted by Gasteiger charge is -2.27. The van der Waals surface area contributed by atoms with Gasteiger partial charge in [0.2, 0.25) is 0 Å². The molecule has 0 atom stereocenters. The molecule has 0 saturated carbocycles. The van der Waals surface area contributed by atoms with Crippen molar-refractivity contribution in [2.75, 3.05) is 30.0 Å². The van der Waals surface area contributed by atoms with E-state index in [2.05, 4.69) is 5.32 Å². The summed E-state index contributed by atoms with van der Waals surface area (Å²) in [5, 5.41) is 2.82. The maximum Gasteiger partial charge on any atom is 0.291 e. The number of fused-ring (bicyclic) bond motifs is 1. The summed E-state index contributed by atoms with van der Waals surface area (Å²) in [6.07, 6.45) is 2.44. The molecule has 2 aliphatic heterocycles. The van der Waals surface area contributed by atoms with E-state index in [1.807, 2.05) is 36.4 Å². The minimum absolute atomic E-state index is 0.0625. The van der Waals surface area contributed by atoms with Crippen LogP contribution in [0.3, 0.4) is 0 Å². The van der Waals surface area contributed by atoms with Crippen molar-refractivity contribution in [1.82, 2.24) is 0 Å². The molecular weight excluding hydrogens is 332 g/mol. The van der Waals surface area contributed by atoms with Gasteiger partial charge in [-0.05, 0) is 48.4 Å². The molecule has 0 radical (unpaired) electrons. The molecule has 1 fully saturated rings. The van der Waals surface area contributed by atoms with E-state index in [4.69, 9.17) is 9.47 Å². The smallest absolute Gasteiger partial charge is 0.291 e. The van der Waals surface area contributed by atoms with E-state index in [-0.39, 0.29) is 24.2 Å². The lowest BCUT2D eigenvalue weighted by atomic mass is 10.1. The Balaban J connectivity index is 1.42. The van der Waals surface area contributed by atoms with Gasteiger partial charge in [-0.1, -0.05) is 18.2 Å². The zero-order valence-electron chi connectivity index (χ0n) is 14.1. The van der Waals surface area contributed by atoms with Crippen molar-refractivity contribution in [3.05, 3.63) is 65.9 Å². The first-order chi connectivity index (χ1) is 12.7. The molecule has 1 N–H and O–H groups in total. The van der Waals surface area contributed by atoms with Crippen LogP contribution in [0.25, 0.3) is 0 Å². The highest BCUT2D eigenvalue weighted by Crippen LogP contribution is 2.26. The van der Waals surface area contributed by atoms with Crippen LogP contribution in [0.1, 0.15) is 5.56 Å². The zero-order chi connectivity index (χ0) is 17.9. The predicted octanol–water partition coefficient (Wildman–Crippen LogP) is 2.51. The van der Waals surface area contributed by atoms with Crippen molar-refractivity contribution in [3.8, 4) is 5.75 Å². The molecule has 132 valence electrons. The van der Waals surface area contributed by atoms with Gasteiger partial charge in [0.25, 0.3) is 11.8 Å². The summed E-state index contributed by atoms with van der Waals surface area (Å²) in [4.78, 5) is 26.0. The fourth-order valence-corrected chi connectivity index (χ4v) is 2.98. The number of carbonyl (C=O) groups excluding carboxylic acids is 2. The van der Waals surface area contributed by atoms with Gasteiger partial charge in [-0.2, -0.15) is 0 Å². The molecule has 0 unspecified atom stereocenters. The maximum atomic E-state index is 12.4. The van der Waals surface area contributed by atoms with Crippen LogP contribution in [-0.2, 0) is 20.7 Å². The normalized spacial score (nSPS) is 16.4. The first-order valence-corrected chi connectivity index (χ1v) is 8.46. The average molecular weight is 350 g/mol. The van der Waals surface area contributed by atoms with Crippen LogP contribution in [0.15, 0.2) is 60.4 Å². The van der Waals surface area contributed by atoms with E-state index in [0.717, 1.165) is 11.3 Å². The summed E-state index contributed by atoms with van der Waals surface area (Å²) in [5.41, 5.74) is 2.49. The molecule has 0 aliphatic carbocycles. The van der Waals surface area contributed by atoms with E-state index in [1.165, 1.54) is 0 Å². The molecule has 0 spiro atoms. The van der Waals surface area contributed by atoms with Crippen molar-refractivity contribution in [2.24, 2.45) is 0 Å². The van der Waals surface area contributed by atoms with Crippen molar-refractivity contribution >= 4 is 23.2 Å². The fraction of sp³-hybridized carbons (Fsp3) is 0.200. The second-order valence-electron chi connectivity index (χ2n) is 6.08. The van der Waals surface area contributed by atoms with E-state index in [9.17, 15) is 9.59 Å². The molecule has 0 aromatic heterocycles. The molecule has 6 nitrogen and oxygen atoms in total. The maximum absolute atomic E-state index is 12.4. The Kier molecular flexibility index (Phi) is 4.41. The van der Waals surface area contributed by atoms with E-state index < -0.39 is 0 Å². The van der Waals surface area contributed by atoms with Gasteiger partial charge in [0.15, 0.2) is 5.76 Å². The summed E-state index contributed by atoms with van der Waals surface area (Å²) in [7, 11) is 0. The molecule has 4 rings (SSSR count). The van der Waals surface area contributed by atoms with Gasteiger partial charge in [-0.15, -0.1) is 0 Å². The second kappa shape index (κ2) is 7.01. The van der Waals surface area contributed by atoms with Gasteiger partial charge in [-0.25, -0.2) is 0 Å². The van der Waals surface area contributed by atoms with Crippen molar-refractivity contribution in [3.63, 3.8) is 0 Å². The van der Waals surface area contributed by atoms with Gasteiger partial charge in [0.1, 0.15) is 12.4 Å². The highest BCUT2D eigenvalue weighted by Gasteiger charge is 2.21. The van der Waals surface area contributed by atoms with Gasteiger partial charge in [-0.3, -0.25) is 9.59 Å². The standard InChI is InChI=1S/C20H18N2O4/c23-19-13-25-12-11-22(19)16-8-6-15(7-9-16)21-20(24)18-10-5-14-3-1-2-4-17(14)26-18/h1-4,6-10H,5,11-13H2,(H,21,24). The highest BCUT2D eigenvalue weighted by atomic mass is 16.5. The van der Waals surface area contributed by atoms with Crippen molar-refractivity contribution in [2.45, 2.75) is 6.42 Å². The number of nitrogens with one attached hydrogen (secondary N) is 1. The van der Waals surface area contributed by atoms with E-state index >= 15 is 0 Å². The Morgan fingerprint density at radius 2 is 1.88 bits per heavy atom. The highest BCUT2D eigenvalue weighted by molar-refractivity contribution is 6.03. The summed E-state index contributed by atoms with van der Waals surface area (Å²) in [5.74, 6) is 0.639. The summed E-state index contributed by atoms with van der Waals surface area (Å²) < 4.78 is 10.8. The molecule has 1 saturated heterocycles. The molecule has 2 aliphatic rings. The Bertz CT molecular complexity index is 874. The summed E-state index contributed by atoms with van der Waals surface area (Å²) in [6.45, 7) is 1.16. The molecule has 2 heterocycles. The minimum atomic E-state index is -0.297. The number of hydrogen-bond donors (Lipinski definition) is 1. The Labute approximate surface area is 151 Å². The topological polar surface area (TPSA) is 67.9 Å². The van der Waals surface area contributed by atoms with Crippen LogP contribution in [0, 0.1) is 0 Å². The number of nitrogens with zero attached hydrogens (tertiary/aromatic N) is 1. The number of morpholine rings is 1. The Morgan fingerprint density at radius 1 is 1.08 bits per heavy atom. The van der Waals surface area contributed by atoms with Crippen LogP contribution in [0.5, 0.6) is 5.75 Å². The molecule has 6 heteroatoms. The lowest BCUT2D eigenvalue weighted by molar-refractivity contribution is -0.125. The lowest BCUT2D eigenvalue weighted by Crippen LogP contribution is -2.41. The number of rotatable bonds is 3. The first kappa shape index (κ1) is 16.4. The monoisotopic (exact) mass is 350 g/mol. The van der Waals surface area contributed by atoms with E-state index in [1.54, 1.807) is 23.1 Å². The number of carbonyl (C=O) groups is 2. The number of benzene rings is 2. The van der Waals surface area contributed by atoms with E-state index in [0.29, 0.717) is 31.0 Å². The number of allylic oxidation sites excluding steroid dienone is 1. The zero-order valence-corrected chi connectivity index (χ0v) is 14.1. The quantitative estimate of drug-likeness (QED) is 0.924. The number of amides is 2. The molecule has 2 amide bonds. The molecule has 0 bridgehead atoms. The number of hydrogen-bond acceptors (Lipinski definition) is 4. The average Bonchev–Trinajstić information content (AvgIpc) is 2.69. The first-order valence-electron chi connectivity index (χ1n) is 8.46. The predicted molar refractivity (Wildman–Crippen MR) is 97.1 cm³/mol. The molecule has 2 aromatic carbocycles. The van der Waals surface area contributed by atoms with Crippen molar-refractivity contribution in [1.29, 1.82) is 0 Å². The number of anilines is 2. The fourth-order valence-electron chi connectivity index (χ4n) is 2.98. The summed E-state index contributed by atoms with van der Waals surface area (Å²) >= 11 is 0. The molecule has 26 heavy (non-hydrogen) atoms. The SMILES string of the molecule is O=C(Nc1ccc(N2CCOCC2=O)cc1)C1=CCc2ccccc2O1. The molecule has 2 aromatic rings.